The third kappa shape index (κ3) is 5.67. The molecular weight excluding hydrogens is 769 g/mol. The monoisotopic (exact) mass is 806 g/mol. The fraction of sp³-hybridized carbons (Fsp3) is 0.0517. The summed E-state index contributed by atoms with van der Waals surface area (Å²) in [6.07, 6.45) is 5.50. The molecule has 0 amide bonds. The van der Waals surface area contributed by atoms with Crippen molar-refractivity contribution in [2.45, 2.75) is 13.3 Å². The third-order valence-corrected chi connectivity index (χ3v) is 13.0. The smallest absolute Gasteiger partial charge is 0.167 e. The number of allylic oxidation sites excluding steroid dienone is 1. The summed E-state index contributed by atoms with van der Waals surface area (Å²) in [7, 11) is 0. The molecule has 3 heterocycles. The summed E-state index contributed by atoms with van der Waals surface area (Å²) in [5, 5.41) is 9.27. The molecule has 13 rings (SSSR count). The Morgan fingerprint density at radius 2 is 1.13 bits per heavy atom. The van der Waals surface area contributed by atoms with E-state index < -0.39 is 0 Å². The Kier molecular flexibility index (Phi) is 7.88. The van der Waals surface area contributed by atoms with E-state index in [1.807, 2.05) is 12.1 Å². The highest BCUT2D eigenvalue weighted by molar-refractivity contribution is 6.18. The number of fused-ring (bicyclic) bond motifs is 10. The van der Waals surface area contributed by atoms with Gasteiger partial charge in [-0.2, -0.15) is 0 Å². The molecule has 0 saturated carbocycles. The van der Waals surface area contributed by atoms with Crippen molar-refractivity contribution in [3.05, 3.63) is 199 Å². The normalized spacial score (nSPS) is 13.8. The van der Waals surface area contributed by atoms with Gasteiger partial charge in [0.1, 0.15) is 11.2 Å². The average Bonchev–Trinajstić information content (AvgIpc) is 3.89. The lowest BCUT2D eigenvalue weighted by atomic mass is 9.84. The van der Waals surface area contributed by atoms with Crippen LogP contribution in [0.15, 0.2) is 192 Å². The van der Waals surface area contributed by atoms with E-state index in [9.17, 15) is 0 Å². The minimum absolute atomic E-state index is 0.380. The predicted octanol–water partition coefficient (Wildman–Crippen LogP) is 15.0. The Bertz CT molecular complexity index is 3840. The Balaban J connectivity index is 1.08. The number of rotatable bonds is 5. The summed E-state index contributed by atoms with van der Waals surface area (Å²) in [4.78, 5) is 16.1. The van der Waals surface area contributed by atoms with Crippen LogP contribution in [0.3, 0.4) is 0 Å². The Morgan fingerprint density at radius 1 is 0.492 bits per heavy atom. The van der Waals surface area contributed by atoms with E-state index in [-0.39, 0.29) is 0 Å². The molecule has 3 aromatic heterocycles. The van der Waals surface area contributed by atoms with Crippen molar-refractivity contribution in [3.8, 4) is 51.0 Å². The van der Waals surface area contributed by atoms with Crippen molar-refractivity contribution in [1.82, 2.24) is 19.5 Å². The van der Waals surface area contributed by atoms with E-state index in [0.717, 1.165) is 78.3 Å². The van der Waals surface area contributed by atoms with Crippen LogP contribution in [0.2, 0.25) is 0 Å². The zero-order valence-corrected chi connectivity index (χ0v) is 34.5. The molecule has 0 aliphatic heterocycles. The van der Waals surface area contributed by atoms with Crippen LogP contribution in [-0.4, -0.2) is 19.5 Å². The molecule has 0 spiro atoms. The van der Waals surface area contributed by atoms with Crippen molar-refractivity contribution in [2.75, 3.05) is 0 Å². The number of hydrogen-bond acceptors (Lipinski definition) is 4. The van der Waals surface area contributed by atoms with Gasteiger partial charge >= 0.3 is 0 Å². The maximum Gasteiger partial charge on any atom is 0.167 e. The number of furan rings is 1. The molecule has 0 radical (unpaired) electrons. The van der Waals surface area contributed by atoms with Crippen molar-refractivity contribution < 1.29 is 4.42 Å². The molecule has 12 aromatic rings. The first-order valence-corrected chi connectivity index (χ1v) is 21.6. The van der Waals surface area contributed by atoms with Gasteiger partial charge in [-0.05, 0) is 98.6 Å². The van der Waals surface area contributed by atoms with Crippen molar-refractivity contribution in [3.63, 3.8) is 0 Å². The lowest BCUT2D eigenvalue weighted by molar-refractivity contribution is 0.669. The van der Waals surface area contributed by atoms with E-state index in [2.05, 4.69) is 194 Å². The van der Waals surface area contributed by atoms with Gasteiger partial charge in [0.2, 0.25) is 0 Å². The van der Waals surface area contributed by atoms with Crippen LogP contribution in [0.4, 0.5) is 0 Å². The molecular formula is C58H38N4O. The van der Waals surface area contributed by atoms with Crippen LogP contribution in [0.5, 0.6) is 0 Å². The Labute approximate surface area is 363 Å². The lowest BCUT2D eigenvalue weighted by Gasteiger charge is -2.21. The van der Waals surface area contributed by atoms with Crippen LogP contribution in [0.25, 0.3) is 122 Å². The molecule has 63 heavy (non-hydrogen) atoms. The quantitative estimate of drug-likeness (QED) is 0.174. The SMILES string of the molecule is CC1C=Cc2c(c(-c3nc(-c4ccc(-c5ccccc5)cc4)nc(-c4ccc(-n5c6ccccc6c6cc7ccccc7cc65)c5c4oc4ccccc45)n3)cc3ccccc23)C1. The predicted molar refractivity (Wildman–Crippen MR) is 260 cm³/mol. The van der Waals surface area contributed by atoms with Gasteiger partial charge in [0.05, 0.1) is 27.7 Å². The second kappa shape index (κ2) is 13.9. The summed E-state index contributed by atoms with van der Waals surface area (Å²) in [6.45, 7) is 2.27. The first-order chi connectivity index (χ1) is 31.1. The van der Waals surface area contributed by atoms with Gasteiger partial charge in [-0.3, -0.25) is 0 Å². The summed E-state index contributed by atoms with van der Waals surface area (Å²) in [5.74, 6) is 2.20. The summed E-state index contributed by atoms with van der Waals surface area (Å²) in [5.41, 5.74) is 12.4. The average molecular weight is 807 g/mol. The minimum Gasteiger partial charge on any atom is -0.455 e. The molecule has 9 aromatic carbocycles. The molecule has 0 bridgehead atoms. The summed E-state index contributed by atoms with van der Waals surface area (Å²) in [6, 6.07) is 64.5. The molecule has 0 N–H and O–H groups in total. The molecule has 0 fully saturated rings. The highest BCUT2D eigenvalue weighted by Gasteiger charge is 2.25. The second-order valence-corrected chi connectivity index (χ2v) is 16.8. The molecule has 5 heteroatoms. The molecule has 296 valence electrons. The second-order valence-electron chi connectivity index (χ2n) is 16.8. The van der Waals surface area contributed by atoms with Gasteiger partial charge < -0.3 is 8.98 Å². The topological polar surface area (TPSA) is 56.7 Å². The highest BCUT2D eigenvalue weighted by atomic mass is 16.3. The van der Waals surface area contributed by atoms with Crippen LogP contribution in [0, 0.1) is 5.92 Å². The first kappa shape index (κ1) is 35.6. The maximum atomic E-state index is 6.97. The van der Waals surface area contributed by atoms with Crippen molar-refractivity contribution in [1.29, 1.82) is 0 Å². The fourth-order valence-corrected chi connectivity index (χ4v) is 9.95. The van der Waals surface area contributed by atoms with E-state index in [4.69, 9.17) is 19.4 Å². The minimum atomic E-state index is 0.380. The van der Waals surface area contributed by atoms with Crippen LogP contribution in [0.1, 0.15) is 18.1 Å². The van der Waals surface area contributed by atoms with Gasteiger partial charge in [0.15, 0.2) is 17.5 Å². The van der Waals surface area contributed by atoms with Gasteiger partial charge in [-0.15, -0.1) is 0 Å². The van der Waals surface area contributed by atoms with Gasteiger partial charge in [-0.1, -0.05) is 159 Å². The molecule has 5 nitrogen and oxygen atoms in total. The van der Waals surface area contributed by atoms with Crippen molar-refractivity contribution in [2.24, 2.45) is 5.92 Å². The number of nitrogens with zero attached hydrogens (tertiary/aromatic N) is 4. The van der Waals surface area contributed by atoms with Crippen LogP contribution >= 0.6 is 0 Å². The van der Waals surface area contributed by atoms with Gasteiger partial charge in [-0.25, -0.2) is 15.0 Å². The number of aromatic nitrogens is 4. The van der Waals surface area contributed by atoms with Crippen molar-refractivity contribution >= 4 is 71.4 Å². The van der Waals surface area contributed by atoms with E-state index >= 15 is 0 Å². The third-order valence-electron chi connectivity index (χ3n) is 13.0. The standard InChI is InChI=1S/C58H38N4O/c1-35-23-28-43-42-18-8-7-17-41(42)33-49(47(43)31-35)58-60-56(38-26-24-37(25-27-38)36-13-3-2-4-14-36)59-57(61-58)46-29-30-51(54-45-20-10-12-22-53(45)63-55(46)54)62-50-21-11-9-19-44(50)48-32-39-15-5-6-16-40(39)34-52(48)62/h2-30,32-35H,31H2,1H3. The van der Waals surface area contributed by atoms with Gasteiger partial charge in [0.25, 0.3) is 0 Å². The number of benzene rings is 9. The van der Waals surface area contributed by atoms with Crippen LogP contribution < -0.4 is 0 Å². The Hall–Kier alpha value is -8.15. The zero-order valence-electron chi connectivity index (χ0n) is 34.5. The van der Waals surface area contributed by atoms with E-state index in [0.29, 0.717) is 23.4 Å². The fourth-order valence-electron chi connectivity index (χ4n) is 9.95. The molecule has 1 unspecified atom stereocenters. The number of para-hydroxylation sites is 2. The molecule has 1 atom stereocenters. The highest BCUT2D eigenvalue weighted by Crippen LogP contribution is 2.44. The maximum absolute atomic E-state index is 6.97. The van der Waals surface area contributed by atoms with Crippen LogP contribution in [-0.2, 0) is 6.42 Å². The molecule has 0 saturated heterocycles. The lowest BCUT2D eigenvalue weighted by Crippen LogP contribution is -2.08. The van der Waals surface area contributed by atoms with Gasteiger partial charge in [0, 0.05) is 27.3 Å². The Morgan fingerprint density at radius 3 is 1.95 bits per heavy atom. The molecule has 1 aliphatic rings. The number of hydrogen-bond donors (Lipinski definition) is 0. The summed E-state index contributed by atoms with van der Waals surface area (Å²) >= 11 is 0. The first-order valence-electron chi connectivity index (χ1n) is 21.6. The van der Waals surface area contributed by atoms with E-state index in [1.54, 1.807) is 0 Å². The zero-order chi connectivity index (χ0) is 41.6. The van der Waals surface area contributed by atoms with E-state index in [1.165, 1.54) is 38.1 Å². The largest absolute Gasteiger partial charge is 0.455 e. The summed E-state index contributed by atoms with van der Waals surface area (Å²) < 4.78 is 9.37. The molecule has 1 aliphatic carbocycles.